The van der Waals surface area contributed by atoms with E-state index in [-0.39, 0.29) is 18.7 Å². The van der Waals surface area contributed by atoms with Crippen LogP contribution in [0.2, 0.25) is 0 Å². The maximum atomic E-state index is 13.0. The van der Waals surface area contributed by atoms with Gasteiger partial charge in [-0.15, -0.1) is 0 Å². The van der Waals surface area contributed by atoms with Crippen LogP contribution < -0.4 is 16.4 Å². The highest BCUT2D eigenvalue weighted by atomic mass is 32.1. The molecule has 0 aromatic heterocycles. The van der Waals surface area contributed by atoms with Gasteiger partial charge in [-0.1, -0.05) is 30.3 Å². The van der Waals surface area contributed by atoms with Crippen molar-refractivity contribution >= 4 is 36.3 Å². The predicted octanol–water partition coefficient (Wildman–Crippen LogP) is -1.09. The van der Waals surface area contributed by atoms with Crippen LogP contribution in [0.15, 0.2) is 30.3 Å². The molecule has 3 amide bonds. The summed E-state index contributed by atoms with van der Waals surface area (Å²) >= 11 is 4.15. The van der Waals surface area contributed by atoms with Crippen LogP contribution in [0.3, 0.4) is 0 Å². The summed E-state index contributed by atoms with van der Waals surface area (Å²) in [7, 11) is 0. The summed E-state index contributed by atoms with van der Waals surface area (Å²) in [6.07, 6.45) is -0.0943. The van der Waals surface area contributed by atoms with Crippen molar-refractivity contribution < 1.29 is 29.4 Å². The molecule has 1 aromatic carbocycles. The molecule has 0 saturated carbocycles. The highest BCUT2D eigenvalue weighted by Gasteiger charge is 2.38. The van der Waals surface area contributed by atoms with Crippen molar-refractivity contribution in [2.45, 2.75) is 56.5 Å². The van der Waals surface area contributed by atoms with E-state index >= 15 is 0 Å². The molecule has 1 heterocycles. The molecule has 1 aliphatic heterocycles. The number of nitrogens with zero attached hydrogens (tertiary/aromatic N) is 1. The molecule has 11 heteroatoms. The number of rotatable bonds is 10. The van der Waals surface area contributed by atoms with E-state index in [0.29, 0.717) is 12.8 Å². The van der Waals surface area contributed by atoms with Gasteiger partial charge in [0.1, 0.15) is 24.2 Å². The number of nitrogens with two attached hydrogens (primary N) is 1. The Labute approximate surface area is 191 Å². The molecular formula is C21H30N4O6S. The number of carbonyl (C=O) groups excluding carboxylic acids is 3. The Morgan fingerprint density at radius 3 is 2.34 bits per heavy atom. The van der Waals surface area contributed by atoms with E-state index in [0.717, 1.165) is 5.56 Å². The lowest BCUT2D eigenvalue weighted by Gasteiger charge is -2.28. The van der Waals surface area contributed by atoms with Crippen LogP contribution in [0.1, 0.15) is 25.3 Å². The van der Waals surface area contributed by atoms with Crippen molar-refractivity contribution in [2.24, 2.45) is 5.73 Å². The first-order chi connectivity index (χ1) is 15.1. The van der Waals surface area contributed by atoms with Crippen molar-refractivity contribution in [3.8, 4) is 0 Å². The Kier molecular flexibility index (Phi) is 9.48. The maximum absolute atomic E-state index is 13.0. The standard InChI is InChI=1S/C21H30N4O6S/c1-12(26)17(22)19(28)23-14(10-13-6-3-2-4-7-13)18(27)24-15(11-32)20(29)25-9-5-8-16(25)21(30)31/h2-4,6-7,12,14-17,26,32H,5,8-11,22H2,1H3,(H,23,28)(H,24,27)(H,30,31). The molecule has 0 spiro atoms. The monoisotopic (exact) mass is 466 g/mol. The molecule has 1 aromatic rings. The number of aliphatic carboxylic acids is 1. The molecule has 5 unspecified atom stereocenters. The molecule has 0 aliphatic carbocycles. The Bertz CT molecular complexity index is 822. The summed E-state index contributed by atoms with van der Waals surface area (Å²) in [5.74, 6) is -3.04. The van der Waals surface area contributed by atoms with Crippen LogP contribution >= 0.6 is 12.6 Å². The molecular weight excluding hydrogens is 436 g/mol. The number of likely N-dealkylation sites (tertiary alicyclic amines) is 1. The van der Waals surface area contributed by atoms with Crippen molar-refractivity contribution in [2.75, 3.05) is 12.3 Å². The van der Waals surface area contributed by atoms with Gasteiger partial charge in [0.05, 0.1) is 6.10 Å². The quantitative estimate of drug-likeness (QED) is 0.239. The first-order valence-electron chi connectivity index (χ1n) is 10.4. The second-order valence-corrected chi connectivity index (χ2v) is 8.15. The molecule has 1 saturated heterocycles. The van der Waals surface area contributed by atoms with E-state index in [1.165, 1.54) is 11.8 Å². The molecule has 1 aliphatic rings. The molecule has 6 N–H and O–H groups in total. The van der Waals surface area contributed by atoms with Gasteiger partial charge in [0.15, 0.2) is 0 Å². The molecule has 32 heavy (non-hydrogen) atoms. The van der Waals surface area contributed by atoms with Gasteiger partial charge in [-0.25, -0.2) is 4.79 Å². The van der Waals surface area contributed by atoms with E-state index < -0.39 is 54.0 Å². The number of amides is 3. The van der Waals surface area contributed by atoms with E-state index in [4.69, 9.17) is 5.73 Å². The molecule has 2 rings (SSSR count). The molecule has 176 valence electrons. The number of hydrogen-bond acceptors (Lipinski definition) is 7. The highest BCUT2D eigenvalue weighted by molar-refractivity contribution is 7.80. The lowest BCUT2D eigenvalue weighted by Crippen LogP contribution is -2.59. The summed E-state index contributed by atoms with van der Waals surface area (Å²) in [6.45, 7) is 1.64. The molecule has 1 fully saturated rings. The van der Waals surface area contributed by atoms with Crippen LogP contribution in [-0.2, 0) is 25.6 Å². The minimum absolute atomic E-state index is 0.0490. The molecule has 10 nitrogen and oxygen atoms in total. The van der Waals surface area contributed by atoms with E-state index in [1.54, 1.807) is 24.3 Å². The number of carbonyl (C=O) groups is 4. The first-order valence-corrected chi connectivity index (χ1v) is 11.0. The zero-order valence-corrected chi connectivity index (χ0v) is 18.7. The average molecular weight is 467 g/mol. The molecule has 0 bridgehead atoms. The van der Waals surface area contributed by atoms with Gasteiger partial charge in [-0.2, -0.15) is 12.6 Å². The van der Waals surface area contributed by atoms with Gasteiger partial charge in [0.25, 0.3) is 0 Å². The second-order valence-electron chi connectivity index (χ2n) is 7.79. The Morgan fingerprint density at radius 2 is 1.78 bits per heavy atom. The SMILES string of the molecule is CC(O)C(N)C(=O)NC(Cc1ccccc1)C(=O)NC(CS)C(=O)N1CCCC1C(=O)O. The Balaban J connectivity index is 2.16. The Morgan fingerprint density at radius 1 is 1.16 bits per heavy atom. The zero-order chi connectivity index (χ0) is 23.8. The largest absolute Gasteiger partial charge is 0.480 e. The zero-order valence-electron chi connectivity index (χ0n) is 17.8. The van der Waals surface area contributed by atoms with Crippen LogP contribution in [0.5, 0.6) is 0 Å². The third-order valence-corrected chi connectivity index (χ3v) is 5.72. The van der Waals surface area contributed by atoms with Crippen molar-refractivity contribution in [3.05, 3.63) is 35.9 Å². The highest BCUT2D eigenvalue weighted by Crippen LogP contribution is 2.19. The topological polar surface area (TPSA) is 162 Å². The molecule has 5 atom stereocenters. The number of thiol groups is 1. The fourth-order valence-corrected chi connectivity index (χ4v) is 3.74. The summed E-state index contributed by atoms with van der Waals surface area (Å²) < 4.78 is 0. The van der Waals surface area contributed by atoms with Crippen molar-refractivity contribution in [1.82, 2.24) is 15.5 Å². The van der Waals surface area contributed by atoms with Crippen molar-refractivity contribution in [3.63, 3.8) is 0 Å². The first kappa shape index (κ1) is 25.6. The second kappa shape index (κ2) is 11.8. The lowest BCUT2D eigenvalue weighted by molar-refractivity contribution is -0.149. The van der Waals surface area contributed by atoms with Gasteiger partial charge < -0.3 is 31.5 Å². The van der Waals surface area contributed by atoms with Crippen LogP contribution in [-0.4, -0.2) is 81.4 Å². The van der Waals surface area contributed by atoms with Gasteiger partial charge in [-0.05, 0) is 25.3 Å². The average Bonchev–Trinajstić information content (AvgIpc) is 3.26. The van der Waals surface area contributed by atoms with Crippen LogP contribution in [0.25, 0.3) is 0 Å². The third kappa shape index (κ3) is 6.68. The van der Waals surface area contributed by atoms with Crippen LogP contribution in [0, 0.1) is 0 Å². The summed E-state index contributed by atoms with van der Waals surface area (Å²) in [5.41, 5.74) is 6.44. The van der Waals surface area contributed by atoms with Gasteiger partial charge in [0, 0.05) is 18.7 Å². The number of carboxylic acids is 1. The summed E-state index contributed by atoms with van der Waals surface area (Å²) in [6, 6.07) is 4.64. The lowest BCUT2D eigenvalue weighted by atomic mass is 10.0. The number of nitrogens with one attached hydrogen (secondary N) is 2. The minimum Gasteiger partial charge on any atom is -0.480 e. The maximum Gasteiger partial charge on any atom is 0.326 e. The third-order valence-electron chi connectivity index (χ3n) is 5.36. The fraction of sp³-hybridized carbons (Fsp3) is 0.524. The molecule has 0 radical (unpaired) electrons. The van der Waals surface area contributed by atoms with Crippen LogP contribution in [0.4, 0.5) is 0 Å². The number of aliphatic hydroxyl groups is 1. The van der Waals surface area contributed by atoms with Gasteiger partial charge in [-0.3, -0.25) is 14.4 Å². The van der Waals surface area contributed by atoms with Gasteiger partial charge in [0.2, 0.25) is 17.7 Å². The summed E-state index contributed by atoms with van der Waals surface area (Å²) in [4.78, 5) is 50.9. The number of hydrogen-bond donors (Lipinski definition) is 6. The number of aliphatic hydroxyl groups excluding tert-OH is 1. The fourth-order valence-electron chi connectivity index (χ4n) is 3.49. The van der Waals surface area contributed by atoms with E-state index in [1.807, 2.05) is 6.07 Å². The smallest absolute Gasteiger partial charge is 0.326 e. The van der Waals surface area contributed by atoms with E-state index in [2.05, 4.69) is 23.3 Å². The summed E-state index contributed by atoms with van der Waals surface area (Å²) in [5, 5.41) is 24.0. The van der Waals surface area contributed by atoms with Gasteiger partial charge >= 0.3 is 5.97 Å². The minimum atomic E-state index is -1.23. The Hall–Kier alpha value is -2.63. The van der Waals surface area contributed by atoms with Crippen molar-refractivity contribution in [1.29, 1.82) is 0 Å². The predicted molar refractivity (Wildman–Crippen MR) is 120 cm³/mol. The van der Waals surface area contributed by atoms with E-state index in [9.17, 15) is 29.4 Å². The number of benzene rings is 1. The normalized spacial score (nSPS) is 19.5. The number of carboxylic acid groups (broad SMARTS) is 1.